The zero-order valence-corrected chi connectivity index (χ0v) is 34.7. The molecule has 3 heteroatoms. The molecule has 0 radical (unpaired) electrons. The summed E-state index contributed by atoms with van der Waals surface area (Å²) >= 11 is 0. The van der Waals surface area contributed by atoms with Crippen LogP contribution in [0.3, 0.4) is 0 Å². The summed E-state index contributed by atoms with van der Waals surface area (Å²) < 4.78 is 0. The summed E-state index contributed by atoms with van der Waals surface area (Å²) in [5.41, 5.74) is 9.45. The van der Waals surface area contributed by atoms with Gasteiger partial charge in [0.05, 0.1) is 0 Å². The van der Waals surface area contributed by atoms with E-state index in [1.54, 1.807) is 0 Å². The van der Waals surface area contributed by atoms with Gasteiger partial charge in [-0.3, -0.25) is 0 Å². The highest BCUT2D eigenvalue weighted by atomic mass is 15.0. The molecule has 0 aliphatic carbocycles. The van der Waals surface area contributed by atoms with Crippen molar-refractivity contribution >= 4 is 64.6 Å². The van der Waals surface area contributed by atoms with Crippen molar-refractivity contribution in [1.82, 2.24) is 15.0 Å². The molecule has 12 aromatic carbocycles. The van der Waals surface area contributed by atoms with Crippen molar-refractivity contribution in [2.45, 2.75) is 0 Å². The Morgan fingerprint density at radius 2 is 0.578 bits per heavy atom. The molecule has 0 aliphatic heterocycles. The van der Waals surface area contributed by atoms with E-state index in [4.69, 9.17) is 15.0 Å². The van der Waals surface area contributed by atoms with E-state index in [9.17, 15) is 0 Å². The standard InChI is InChI=1S/C61H37N3/c1-3-16-38(17-4-1)45-23-8-11-27-52(45)60-62-59(42-18-5-2-6-19-42)63-61(64-60)53-28-12-10-26-48(53)47-25-9-7-24-46(47)44-36-43-35-34-41-21-14-30-50-49-29-13-20-39-32-33-40-22-15-31-51(57(40)55(39)49)54(37-44)58(43)56(41)50/h1-37H. The molecule has 0 N–H and O–H groups in total. The lowest BCUT2D eigenvalue weighted by molar-refractivity contribution is 1.07. The second-order valence-electron chi connectivity index (χ2n) is 16.6. The van der Waals surface area contributed by atoms with Gasteiger partial charge < -0.3 is 0 Å². The normalized spacial score (nSPS) is 11.8. The van der Waals surface area contributed by atoms with Crippen molar-refractivity contribution in [2.24, 2.45) is 0 Å². The molecule has 1 aromatic heterocycles. The van der Waals surface area contributed by atoms with Gasteiger partial charge in [-0.15, -0.1) is 0 Å². The van der Waals surface area contributed by atoms with Gasteiger partial charge in [0.25, 0.3) is 0 Å². The fraction of sp³-hybridized carbons (Fsp3) is 0. The Kier molecular flexibility index (Phi) is 8.22. The molecule has 3 nitrogen and oxygen atoms in total. The number of hydrogen-bond acceptors (Lipinski definition) is 3. The Morgan fingerprint density at radius 1 is 0.203 bits per heavy atom. The summed E-state index contributed by atoms with van der Waals surface area (Å²) in [4.78, 5) is 15.7. The molecule has 0 atom stereocenters. The summed E-state index contributed by atoms with van der Waals surface area (Å²) in [7, 11) is 0. The van der Waals surface area contributed by atoms with Crippen molar-refractivity contribution in [1.29, 1.82) is 0 Å². The third-order valence-electron chi connectivity index (χ3n) is 13.0. The molecular formula is C61H37N3. The summed E-state index contributed by atoms with van der Waals surface area (Å²) in [6.07, 6.45) is 0. The molecule has 1 heterocycles. The van der Waals surface area contributed by atoms with E-state index in [0.717, 1.165) is 50.1 Å². The molecule has 0 fully saturated rings. The van der Waals surface area contributed by atoms with E-state index in [1.165, 1.54) is 64.6 Å². The SMILES string of the molecule is c1ccc(-c2nc(-c3ccccc3-c3ccccc3)nc(-c3ccccc3-c3ccccc3-c3cc4ccc5cccc6c7cccc8ccc9cccc(c(c3)c4c56)c9c87)n2)cc1. The van der Waals surface area contributed by atoms with Gasteiger partial charge in [0.2, 0.25) is 0 Å². The maximum absolute atomic E-state index is 5.33. The minimum absolute atomic E-state index is 0.621. The lowest BCUT2D eigenvalue weighted by atomic mass is 9.85. The van der Waals surface area contributed by atoms with Crippen LogP contribution in [0.2, 0.25) is 0 Å². The maximum Gasteiger partial charge on any atom is 0.164 e. The Balaban J connectivity index is 1.07. The van der Waals surface area contributed by atoms with Crippen molar-refractivity contribution < 1.29 is 0 Å². The fourth-order valence-corrected chi connectivity index (χ4v) is 10.2. The largest absolute Gasteiger partial charge is 0.208 e. The number of hydrogen-bond donors (Lipinski definition) is 0. The van der Waals surface area contributed by atoms with Gasteiger partial charge in [0.1, 0.15) is 0 Å². The molecule has 0 saturated carbocycles. The predicted octanol–water partition coefficient (Wildman–Crippen LogP) is 16.2. The Bertz CT molecular complexity index is 3940. The molecule has 13 rings (SSSR count). The molecule has 0 unspecified atom stereocenters. The summed E-state index contributed by atoms with van der Waals surface area (Å²) in [5, 5.41) is 15.2. The van der Waals surface area contributed by atoms with E-state index in [0.29, 0.717) is 17.5 Å². The van der Waals surface area contributed by atoms with Gasteiger partial charge in [-0.05, 0) is 110 Å². The first-order valence-corrected chi connectivity index (χ1v) is 21.9. The Hall–Kier alpha value is -8.53. The second-order valence-corrected chi connectivity index (χ2v) is 16.6. The number of nitrogens with zero attached hydrogens (tertiary/aromatic N) is 3. The van der Waals surface area contributed by atoms with Gasteiger partial charge in [-0.1, -0.05) is 212 Å². The highest BCUT2D eigenvalue weighted by molar-refractivity contribution is 6.37. The Morgan fingerprint density at radius 3 is 1.12 bits per heavy atom. The van der Waals surface area contributed by atoms with Gasteiger partial charge in [0, 0.05) is 16.7 Å². The number of fused-ring (bicyclic) bond motifs is 2. The molecule has 0 spiro atoms. The first-order chi connectivity index (χ1) is 31.7. The molecule has 296 valence electrons. The average Bonchev–Trinajstić information content (AvgIpc) is 3.37. The van der Waals surface area contributed by atoms with Gasteiger partial charge in [0.15, 0.2) is 17.5 Å². The topological polar surface area (TPSA) is 38.7 Å². The van der Waals surface area contributed by atoms with Crippen molar-refractivity contribution in [3.8, 4) is 67.5 Å². The van der Waals surface area contributed by atoms with Crippen LogP contribution in [0.1, 0.15) is 0 Å². The van der Waals surface area contributed by atoms with E-state index in [1.807, 2.05) is 24.3 Å². The van der Waals surface area contributed by atoms with Crippen molar-refractivity contribution in [3.63, 3.8) is 0 Å². The first kappa shape index (κ1) is 36.2. The van der Waals surface area contributed by atoms with Gasteiger partial charge in [-0.25, -0.2) is 15.0 Å². The van der Waals surface area contributed by atoms with E-state index in [-0.39, 0.29) is 0 Å². The van der Waals surface area contributed by atoms with Crippen LogP contribution >= 0.6 is 0 Å². The molecular weight excluding hydrogens is 775 g/mol. The van der Waals surface area contributed by atoms with Crippen LogP contribution in [0.4, 0.5) is 0 Å². The van der Waals surface area contributed by atoms with E-state index < -0.39 is 0 Å². The molecule has 13 aromatic rings. The monoisotopic (exact) mass is 811 g/mol. The molecule has 0 bridgehead atoms. The van der Waals surface area contributed by atoms with Gasteiger partial charge in [-0.2, -0.15) is 0 Å². The quantitative estimate of drug-likeness (QED) is 0.157. The predicted molar refractivity (Wildman–Crippen MR) is 269 cm³/mol. The Labute approximate surface area is 370 Å². The zero-order chi connectivity index (χ0) is 42.1. The van der Waals surface area contributed by atoms with Crippen LogP contribution in [0.5, 0.6) is 0 Å². The van der Waals surface area contributed by atoms with Crippen LogP contribution in [-0.4, -0.2) is 15.0 Å². The highest BCUT2D eigenvalue weighted by Crippen LogP contribution is 2.46. The number of aromatic nitrogens is 3. The minimum Gasteiger partial charge on any atom is -0.208 e. The number of rotatable bonds is 6. The first-order valence-electron chi connectivity index (χ1n) is 21.9. The van der Waals surface area contributed by atoms with Crippen LogP contribution in [0, 0.1) is 0 Å². The highest BCUT2D eigenvalue weighted by Gasteiger charge is 2.21. The lowest BCUT2D eigenvalue weighted by Crippen LogP contribution is -2.02. The van der Waals surface area contributed by atoms with Crippen molar-refractivity contribution in [3.05, 3.63) is 224 Å². The zero-order valence-electron chi connectivity index (χ0n) is 34.7. The van der Waals surface area contributed by atoms with E-state index in [2.05, 4.69) is 200 Å². The van der Waals surface area contributed by atoms with Crippen LogP contribution in [0.15, 0.2) is 224 Å². The minimum atomic E-state index is 0.621. The van der Waals surface area contributed by atoms with Crippen LogP contribution in [0.25, 0.3) is 132 Å². The summed E-state index contributed by atoms with van der Waals surface area (Å²) in [5.74, 6) is 1.88. The smallest absolute Gasteiger partial charge is 0.164 e. The molecule has 0 aliphatic rings. The third kappa shape index (κ3) is 5.72. The molecule has 0 amide bonds. The van der Waals surface area contributed by atoms with Gasteiger partial charge >= 0.3 is 0 Å². The third-order valence-corrected chi connectivity index (χ3v) is 13.0. The van der Waals surface area contributed by atoms with Crippen molar-refractivity contribution in [2.75, 3.05) is 0 Å². The summed E-state index contributed by atoms with van der Waals surface area (Å²) in [6.45, 7) is 0. The number of benzene rings is 11. The van der Waals surface area contributed by atoms with E-state index >= 15 is 0 Å². The maximum atomic E-state index is 5.33. The van der Waals surface area contributed by atoms with Crippen LogP contribution in [-0.2, 0) is 0 Å². The molecule has 64 heavy (non-hydrogen) atoms. The fourth-order valence-electron chi connectivity index (χ4n) is 10.2. The second kappa shape index (κ2) is 14.5. The molecule has 0 saturated heterocycles. The summed E-state index contributed by atoms with van der Waals surface area (Å²) in [6, 6.07) is 80.7. The van der Waals surface area contributed by atoms with Crippen LogP contribution < -0.4 is 0 Å². The average molecular weight is 812 g/mol. The lowest BCUT2D eigenvalue weighted by Gasteiger charge is -2.18.